The van der Waals surface area contributed by atoms with Crippen LogP contribution in [0.5, 0.6) is 0 Å². The number of carbonyl (C=O) groups is 1. The topological polar surface area (TPSA) is 83.8 Å². The number of rotatable bonds is 8. The molecule has 0 saturated carbocycles. The molecule has 1 unspecified atom stereocenters. The third kappa shape index (κ3) is 37.3. The SMILES string of the molecule is C.C.C.C.C.C.CCC(C)(C)C(=O)OCC[N+](C)(C)C.CCC(C)c1ccccc1.CCP(=O)(O)O.[Cl-]. The fourth-order valence-electron chi connectivity index (χ4n) is 1.77. The molecule has 0 bridgehead atoms. The molecule has 0 aliphatic carbocycles. The lowest BCUT2D eigenvalue weighted by Crippen LogP contribution is -3.00. The molecule has 0 amide bonds. The van der Waals surface area contributed by atoms with Gasteiger partial charge in [-0.05, 0) is 38.2 Å². The summed E-state index contributed by atoms with van der Waals surface area (Å²) in [5, 5.41) is 0. The molecule has 6 nitrogen and oxygen atoms in total. The van der Waals surface area contributed by atoms with E-state index in [0.717, 1.165) is 17.4 Å². The molecule has 1 aromatic carbocycles. The Kier molecular flexibility index (Phi) is 48.5. The van der Waals surface area contributed by atoms with Crippen molar-refractivity contribution in [3.63, 3.8) is 0 Å². The highest BCUT2D eigenvalue weighted by atomic mass is 35.5. The van der Waals surface area contributed by atoms with Crippen molar-refractivity contribution in [2.45, 2.75) is 105 Å². The van der Waals surface area contributed by atoms with Crippen molar-refractivity contribution in [1.82, 2.24) is 0 Å². The minimum absolute atomic E-state index is 0. The smallest absolute Gasteiger partial charge is 0.325 e. The number of quaternary nitrogens is 1. The van der Waals surface area contributed by atoms with E-state index in [1.807, 2.05) is 20.8 Å². The second-order valence-corrected chi connectivity index (χ2v) is 11.1. The lowest BCUT2D eigenvalue weighted by Gasteiger charge is -2.25. The van der Waals surface area contributed by atoms with E-state index in [1.165, 1.54) is 18.9 Å². The van der Waals surface area contributed by atoms with E-state index in [0.29, 0.717) is 12.5 Å². The summed E-state index contributed by atoms with van der Waals surface area (Å²) < 4.78 is 15.7. The molecule has 0 aromatic heterocycles. The Bertz CT molecular complexity index is 629. The molecule has 0 aliphatic heterocycles. The molecule has 0 radical (unpaired) electrons. The third-order valence-corrected chi connectivity index (χ3v) is 5.65. The molecule has 1 rings (SSSR count). The van der Waals surface area contributed by atoms with E-state index in [-0.39, 0.29) is 74.5 Å². The summed E-state index contributed by atoms with van der Waals surface area (Å²) in [7, 11) is 2.60. The van der Waals surface area contributed by atoms with Gasteiger partial charge in [0.2, 0.25) is 0 Å². The molecule has 37 heavy (non-hydrogen) atoms. The third-order valence-electron chi connectivity index (χ3n) is 4.82. The van der Waals surface area contributed by atoms with Crippen LogP contribution in [0.3, 0.4) is 0 Å². The van der Waals surface area contributed by atoms with Crippen LogP contribution in [0.2, 0.25) is 0 Å². The Labute approximate surface area is 240 Å². The lowest BCUT2D eigenvalue weighted by atomic mass is 9.91. The van der Waals surface area contributed by atoms with E-state index in [9.17, 15) is 9.36 Å². The second-order valence-electron chi connectivity index (χ2n) is 9.09. The first-order valence-electron chi connectivity index (χ1n) is 10.7. The predicted molar refractivity (Wildman–Crippen MR) is 166 cm³/mol. The van der Waals surface area contributed by atoms with Gasteiger partial charge in [0.05, 0.1) is 26.6 Å². The van der Waals surface area contributed by atoms with Crippen LogP contribution in [0.4, 0.5) is 0 Å². The fraction of sp³-hybridized carbons (Fsp3) is 0.759. The zero-order valence-electron chi connectivity index (χ0n) is 20.9. The fourth-order valence-corrected chi connectivity index (χ4v) is 1.77. The van der Waals surface area contributed by atoms with Crippen LogP contribution in [-0.2, 0) is 14.1 Å². The highest BCUT2D eigenvalue weighted by molar-refractivity contribution is 7.51. The van der Waals surface area contributed by atoms with Gasteiger partial charge in [-0.15, -0.1) is 0 Å². The van der Waals surface area contributed by atoms with Crippen LogP contribution in [0.15, 0.2) is 30.3 Å². The first kappa shape index (κ1) is 60.6. The number of carbonyl (C=O) groups excluding carboxylic acids is 1. The van der Waals surface area contributed by atoms with Crippen molar-refractivity contribution in [3.8, 4) is 0 Å². The number of hydrogen-bond donors (Lipinski definition) is 2. The normalized spacial score (nSPS) is 10.2. The van der Waals surface area contributed by atoms with Crippen LogP contribution in [0.25, 0.3) is 0 Å². The molecule has 1 atom stereocenters. The first-order valence-corrected chi connectivity index (χ1v) is 12.5. The molecular formula is C29H69ClNO5P. The van der Waals surface area contributed by atoms with Crippen LogP contribution < -0.4 is 12.4 Å². The highest BCUT2D eigenvalue weighted by Crippen LogP contribution is 2.32. The van der Waals surface area contributed by atoms with Crippen LogP contribution in [0, 0.1) is 5.41 Å². The summed E-state index contributed by atoms with van der Waals surface area (Å²) in [6.07, 6.45) is 1.98. The summed E-state index contributed by atoms with van der Waals surface area (Å²) >= 11 is 0. The minimum atomic E-state index is -3.65. The van der Waals surface area contributed by atoms with E-state index in [4.69, 9.17) is 14.5 Å². The van der Waals surface area contributed by atoms with Gasteiger partial charge in [-0.2, -0.15) is 0 Å². The lowest BCUT2D eigenvalue weighted by molar-refractivity contribution is -0.870. The van der Waals surface area contributed by atoms with E-state index < -0.39 is 7.60 Å². The van der Waals surface area contributed by atoms with Gasteiger partial charge in [-0.25, -0.2) is 0 Å². The van der Waals surface area contributed by atoms with Crippen molar-refractivity contribution in [2.75, 3.05) is 40.5 Å². The molecular weight excluding hydrogens is 509 g/mol. The highest BCUT2D eigenvalue weighted by Gasteiger charge is 2.27. The largest absolute Gasteiger partial charge is 1.00 e. The first-order chi connectivity index (χ1) is 13.6. The maximum Gasteiger partial charge on any atom is 0.325 e. The number of nitrogens with zero attached hydrogens (tertiary/aromatic N) is 1. The zero-order chi connectivity index (χ0) is 24.0. The second kappa shape index (κ2) is 29.6. The maximum absolute atomic E-state index is 11.6. The minimum Gasteiger partial charge on any atom is -1.00 e. The van der Waals surface area contributed by atoms with E-state index in [2.05, 4.69) is 65.3 Å². The summed E-state index contributed by atoms with van der Waals surface area (Å²) in [5.74, 6) is 0.620. The van der Waals surface area contributed by atoms with Crippen molar-refractivity contribution >= 4 is 13.6 Å². The summed E-state index contributed by atoms with van der Waals surface area (Å²) in [5.41, 5.74) is 1.11. The van der Waals surface area contributed by atoms with Gasteiger partial charge in [0.25, 0.3) is 0 Å². The Balaban J connectivity index is -0.0000000439. The number of ether oxygens (including phenoxy) is 1. The summed E-state index contributed by atoms with van der Waals surface area (Å²) in [6, 6.07) is 10.6. The number of halogens is 1. The Morgan fingerprint density at radius 3 is 1.59 bits per heavy atom. The zero-order valence-corrected chi connectivity index (χ0v) is 22.5. The van der Waals surface area contributed by atoms with Crippen molar-refractivity contribution in [3.05, 3.63) is 35.9 Å². The van der Waals surface area contributed by atoms with Crippen molar-refractivity contribution < 1.29 is 40.8 Å². The van der Waals surface area contributed by atoms with Gasteiger partial charge < -0.3 is 31.4 Å². The van der Waals surface area contributed by atoms with Gasteiger partial charge in [0.1, 0.15) is 13.2 Å². The quantitative estimate of drug-likeness (QED) is 0.229. The summed E-state index contributed by atoms with van der Waals surface area (Å²) in [4.78, 5) is 27.4. The van der Waals surface area contributed by atoms with Gasteiger partial charge in [-0.3, -0.25) is 9.36 Å². The van der Waals surface area contributed by atoms with E-state index >= 15 is 0 Å². The van der Waals surface area contributed by atoms with Crippen molar-refractivity contribution in [2.24, 2.45) is 5.41 Å². The Morgan fingerprint density at radius 1 is 0.946 bits per heavy atom. The molecule has 8 heteroatoms. The predicted octanol–water partition coefficient (Wildman–Crippen LogP) is 5.88. The number of hydrogen-bond acceptors (Lipinski definition) is 3. The van der Waals surface area contributed by atoms with Gasteiger partial charge in [0.15, 0.2) is 0 Å². The monoisotopic (exact) mass is 577 g/mol. The van der Waals surface area contributed by atoms with Crippen LogP contribution in [0.1, 0.15) is 110 Å². The van der Waals surface area contributed by atoms with Gasteiger partial charge in [-0.1, -0.05) is 103 Å². The molecule has 0 fully saturated rings. The molecule has 0 heterocycles. The standard InChI is InChI=1S/C11H24NO2.C10H14.C2H7O3P.6CH4.ClH/c1-7-11(2,3)10(13)14-9-8-12(4,5)6;1-3-9(2)10-7-5-4-6-8-10;1-2-6(3,4)5;;;;;;;/h7-9H2,1-6H3;4-9H,3H2,1-2H3;2H2,1H3,(H2,3,4,5);6*1H4;1H/q+1;;;;;;;;;/p-1. The number of likely N-dealkylation sites (N-methyl/N-ethyl adjacent to an activating group) is 1. The molecule has 0 aliphatic rings. The molecule has 232 valence electrons. The van der Waals surface area contributed by atoms with Gasteiger partial charge >= 0.3 is 13.6 Å². The maximum atomic E-state index is 11.6. The molecule has 2 N–H and O–H groups in total. The number of benzene rings is 1. The van der Waals surface area contributed by atoms with E-state index in [1.54, 1.807) is 0 Å². The average molecular weight is 578 g/mol. The van der Waals surface area contributed by atoms with Crippen molar-refractivity contribution in [1.29, 1.82) is 0 Å². The Morgan fingerprint density at radius 2 is 1.32 bits per heavy atom. The Hall–Kier alpha value is -0.910. The molecule has 0 saturated heterocycles. The average Bonchev–Trinajstić information content (AvgIpc) is 2.67. The van der Waals surface area contributed by atoms with Crippen LogP contribution in [-0.4, -0.2) is 60.7 Å². The molecule has 1 aromatic rings. The number of esters is 1. The van der Waals surface area contributed by atoms with Gasteiger partial charge in [0, 0.05) is 6.16 Å². The summed E-state index contributed by atoms with van der Waals surface area (Å²) in [6.45, 7) is 13.1. The molecule has 0 spiro atoms. The van der Waals surface area contributed by atoms with Crippen LogP contribution >= 0.6 is 7.60 Å².